The van der Waals surface area contributed by atoms with Crippen molar-refractivity contribution in [3.05, 3.63) is 42.4 Å². The van der Waals surface area contributed by atoms with Gasteiger partial charge in [0.25, 0.3) is 0 Å². The molecular weight excluding hydrogens is 306 g/mol. The molecule has 0 aliphatic rings. The van der Waals surface area contributed by atoms with Gasteiger partial charge in [-0.1, -0.05) is 18.2 Å². The van der Waals surface area contributed by atoms with Crippen molar-refractivity contribution < 1.29 is 9.84 Å². The second kappa shape index (κ2) is 7.27. The monoisotopic (exact) mass is 327 g/mol. The van der Waals surface area contributed by atoms with Crippen molar-refractivity contribution in [2.75, 3.05) is 31.7 Å². The number of aliphatic hydroxyl groups excluding tert-OH is 1. The van der Waals surface area contributed by atoms with Crippen LogP contribution in [0.3, 0.4) is 0 Å². The fourth-order valence-electron chi connectivity index (χ4n) is 2.56. The molecule has 0 saturated heterocycles. The Balaban J connectivity index is 1.70. The van der Waals surface area contributed by atoms with Gasteiger partial charge in [0, 0.05) is 7.05 Å². The zero-order valence-corrected chi connectivity index (χ0v) is 13.9. The van der Waals surface area contributed by atoms with Gasteiger partial charge in [-0.15, -0.1) is 0 Å². The highest BCUT2D eigenvalue weighted by Gasteiger charge is 2.13. The van der Waals surface area contributed by atoms with Crippen molar-refractivity contribution in [3.63, 3.8) is 0 Å². The van der Waals surface area contributed by atoms with E-state index in [2.05, 4.69) is 15.1 Å². The summed E-state index contributed by atoms with van der Waals surface area (Å²) in [5, 5.41) is 14.2. The third kappa shape index (κ3) is 3.30. The molecule has 0 radical (unpaired) electrons. The van der Waals surface area contributed by atoms with Crippen LogP contribution < -0.4 is 9.64 Å². The van der Waals surface area contributed by atoms with Crippen LogP contribution >= 0.6 is 0 Å². The number of ether oxygens (including phenoxy) is 1. The zero-order valence-electron chi connectivity index (χ0n) is 13.9. The third-order valence-corrected chi connectivity index (χ3v) is 3.86. The van der Waals surface area contributed by atoms with Crippen molar-refractivity contribution in [2.24, 2.45) is 0 Å². The molecule has 7 heteroatoms. The summed E-state index contributed by atoms with van der Waals surface area (Å²) in [6, 6.07) is 7.96. The van der Waals surface area contributed by atoms with Crippen molar-refractivity contribution in [2.45, 2.75) is 13.5 Å². The lowest BCUT2D eigenvalue weighted by Crippen LogP contribution is -2.25. The highest BCUT2D eigenvalue weighted by Crippen LogP contribution is 2.22. The fraction of sp³-hybridized carbons (Fsp3) is 0.353. The molecule has 2 aromatic heterocycles. The third-order valence-electron chi connectivity index (χ3n) is 3.86. The van der Waals surface area contributed by atoms with Crippen molar-refractivity contribution in [1.29, 1.82) is 0 Å². The van der Waals surface area contributed by atoms with Gasteiger partial charge in [0.15, 0.2) is 5.65 Å². The number of aliphatic hydroxyl groups is 1. The Hall–Kier alpha value is -2.67. The van der Waals surface area contributed by atoms with E-state index < -0.39 is 0 Å². The van der Waals surface area contributed by atoms with Gasteiger partial charge >= 0.3 is 0 Å². The molecule has 2 heterocycles. The van der Waals surface area contributed by atoms with Gasteiger partial charge in [-0.3, -0.25) is 0 Å². The summed E-state index contributed by atoms with van der Waals surface area (Å²) in [6.07, 6.45) is 3.25. The molecule has 0 atom stereocenters. The van der Waals surface area contributed by atoms with Gasteiger partial charge in [-0.05, 0) is 18.6 Å². The summed E-state index contributed by atoms with van der Waals surface area (Å²) < 4.78 is 7.52. The number of anilines is 1. The number of benzene rings is 1. The van der Waals surface area contributed by atoms with Gasteiger partial charge in [0.2, 0.25) is 0 Å². The lowest BCUT2D eigenvalue weighted by molar-refractivity contribution is 0.271. The van der Waals surface area contributed by atoms with E-state index >= 15 is 0 Å². The lowest BCUT2D eigenvalue weighted by Gasteiger charge is -2.19. The van der Waals surface area contributed by atoms with Crippen LogP contribution in [-0.2, 0) is 6.54 Å². The van der Waals surface area contributed by atoms with Crippen LogP contribution in [0.4, 0.5) is 5.82 Å². The quantitative estimate of drug-likeness (QED) is 0.711. The number of aromatic nitrogens is 4. The van der Waals surface area contributed by atoms with Gasteiger partial charge in [-0.2, -0.15) is 5.10 Å². The van der Waals surface area contributed by atoms with Crippen LogP contribution in [0.25, 0.3) is 11.0 Å². The summed E-state index contributed by atoms with van der Waals surface area (Å²) in [4.78, 5) is 10.7. The van der Waals surface area contributed by atoms with Crippen molar-refractivity contribution in [1.82, 2.24) is 19.7 Å². The summed E-state index contributed by atoms with van der Waals surface area (Å²) in [6.45, 7) is 3.71. The topological polar surface area (TPSA) is 76.3 Å². The standard InChI is InChI=1S/C17H21N5O2/c1-13-5-3-4-6-15(13)24-10-8-21(2)16-14-11-20-22(7-9-23)17(14)19-12-18-16/h3-6,11-12,23H,7-10H2,1-2H3. The summed E-state index contributed by atoms with van der Waals surface area (Å²) >= 11 is 0. The molecule has 0 unspecified atom stereocenters. The van der Waals surface area contributed by atoms with Gasteiger partial charge in [0.05, 0.1) is 31.3 Å². The molecule has 0 aliphatic heterocycles. The van der Waals surface area contributed by atoms with Crippen LogP contribution in [0.1, 0.15) is 5.56 Å². The predicted molar refractivity (Wildman–Crippen MR) is 92.4 cm³/mol. The van der Waals surface area contributed by atoms with E-state index in [9.17, 15) is 0 Å². The average Bonchev–Trinajstić information content (AvgIpc) is 3.00. The first-order valence-electron chi connectivity index (χ1n) is 7.87. The smallest absolute Gasteiger partial charge is 0.163 e. The largest absolute Gasteiger partial charge is 0.491 e. The summed E-state index contributed by atoms with van der Waals surface area (Å²) in [7, 11) is 1.96. The SMILES string of the molecule is Cc1ccccc1OCCN(C)c1ncnc2c1cnn2CCO. The molecule has 126 valence electrons. The molecule has 3 rings (SSSR count). The second-order valence-electron chi connectivity index (χ2n) is 5.56. The molecule has 0 spiro atoms. The maximum atomic E-state index is 9.09. The number of aryl methyl sites for hydroxylation is 1. The van der Waals surface area contributed by atoms with E-state index in [1.807, 2.05) is 43.1 Å². The number of hydrogen-bond acceptors (Lipinski definition) is 6. The Kier molecular flexibility index (Phi) is 4.90. The summed E-state index contributed by atoms with van der Waals surface area (Å²) in [5.41, 5.74) is 1.84. The van der Waals surface area contributed by atoms with Gasteiger partial charge in [0.1, 0.15) is 24.5 Å². The molecular formula is C17H21N5O2. The maximum Gasteiger partial charge on any atom is 0.163 e. The Morgan fingerprint density at radius 2 is 2.08 bits per heavy atom. The molecule has 3 aromatic rings. The molecule has 1 aromatic carbocycles. The Labute approximate surface area is 140 Å². The minimum absolute atomic E-state index is 0.0240. The fourth-order valence-corrected chi connectivity index (χ4v) is 2.56. The Morgan fingerprint density at radius 3 is 2.88 bits per heavy atom. The molecule has 0 aliphatic carbocycles. The van der Waals surface area contributed by atoms with Crippen molar-refractivity contribution >= 4 is 16.9 Å². The van der Waals surface area contributed by atoms with E-state index in [1.54, 1.807) is 10.9 Å². The number of fused-ring (bicyclic) bond motifs is 1. The van der Waals surface area contributed by atoms with E-state index in [0.717, 1.165) is 28.2 Å². The van der Waals surface area contributed by atoms with Crippen LogP contribution in [0, 0.1) is 6.92 Å². The predicted octanol–water partition coefficient (Wildman–Crippen LogP) is 1.64. The molecule has 1 N–H and O–H groups in total. The number of para-hydroxylation sites is 1. The minimum atomic E-state index is 0.0240. The number of nitrogens with zero attached hydrogens (tertiary/aromatic N) is 5. The van der Waals surface area contributed by atoms with Gasteiger partial charge in [-0.25, -0.2) is 14.6 Å². The maximum absolute atomic E-state index is 9.09. The molecule has 7 nitrogen and oxygen atoms in total. The highest BCUT2D eigenvalue weighted by atomic mass is 16.5. The van der Waals surface area contributed by atoms with Crippen molar-refractivity contribution in [3.8, 4) is 5.75 Å². The van der Waals surface area contributed by atoms with Crippen LogP contribution in [-0.4, -0.2) is 51.7 Å². The highest BCUT2D eigenvalue weighted by molar-refractivity contribution is 5.86. The first kappa shape index (κ1) is 16.2. The van der Waals surface area contributed by atoms with E-state index in [4.69, 9.17) is 9.84 Å². The van der Waals surface area contributed by atoms with E-state index in [0.29, 0.717) is 19.7 Å². The molecule has 0 bridgehead atoms. The zero-order chi connectivity index (χ0) is 16.9. The normalized spacial score (nSPS) is 11.0. The van der Waals surface area contributed by atoms with Crippen LogP contribution in [0.2, 0.25) is 0 Å². The second-order valence-corrected chi connectivity index (χ2v) is 5.56. The summed E-state index contributed by atoms with van der Waals surface area (Å²) in [5.74, 6) is 1.70. The van der Waals surface area contributed by atoms with E-state index in [1.165, 1.54) is 6.33 Å². The number of hydrogen-bond donors (Lipinski definition) is 1. The Morgan fingerprint density at radius 1 is 1.25 bits per heavy atom. The lowest BCUT2D eigenvalue weighted by atomic mass is 10.2. The van der Waals surface area contributed by atoms with Gasteiger partial charge < -0.3 is 14.7 Å². The number of rotatable bonds is 7. The van der Waals surface area contributed by atoms with Crippen LogP contribution in [0.15, 0.2) is 36.8 Å². The molecule has 0 amide bonds. The molecule has 0 saturated carbocycles. The molecule has 0 fully saturated rings. The Bertz CT molecular complexity index is 818. The van der Waals surface area contributed by atoms with E-state index in [-0.39, 0.29) is 6.61 Å². The first-order valence-corrected chi connectivity index (χ1v) is 7.87. The van der Waals surface area contributed by atoms with Crippen LogP contribution in [0.5, 0.6) is 5.75 Å². The first-order chi connectivity index (χ1) is 11.7. The number of likely N-dealkylation sites (N-methyl/N-ethyl adjacent to an activating group) is 1. The molecule has 24 heavy (non-hydrogen) atoms. The average molecular weight is 327 g/mol. The minimum Gasteiger partial charge on any atom is -0.491 e.